The van der Waals surface area contributed by atoms with Crippen LogP contribution in [0.1, 0.15) is 29.8 Å². The minimum Gasteiger partial charge on any atom is -0.352 e. The predicted octanol–water partition coefficient (Wildman–Crippen LogP) is 2.63. The van der Waals surface area contributed by atoms with Gasteiger partial charge in [0.25, 0.3) is 0 Å². The zero-order chi connectivity index (χ0) is 11.5. The SMILES string of the molecule is Cc1cc(CNC2CCCSC2)c(C)n1C. The van der Waals surface area contributed by atoms with Gasteiger partial charge in [-0.15, -0.1) is 0 Å². The van der Waals surface area contributed by atoms with Crippen molar-refractivity contribution in [3.05, 3.63) is 23.0 Å². The van der Waals surface area contributed by atoms with E-state index in [0.717, 1.165) is 12.6 Å². The molecule has 0 aliphatic carbocycles. The monoisotopic (exact) mass is 238 g/mol. The Morgan fingerprint density at radius 1 is 1.50 bits per heavy atom. The molecule has 1 atom stereocenters. The van der Waals surface area contributed by atoms with Gasteiger partial charge in [-0.2, -0.15) is 11.8 Å². The third kappa shape index (κ3) is 2.64. The van der Waals surface area contributed by atoms with Crippen LogP contribution < -0.4 is 5.32 Å². The number of rotatable bonds is 3. The molecule has 1 aromatic rings. The first-order chi connectivity index (χ1) is 7.68. The number of nitrogens with zero attached hydrogens (tertiary/aromatic N) is 1. The number of thioether (sulfide) groups is 1. The summed E-state index contributed by atoms with van der Waals surface area (Å²) < 4.78 is 2.27. The summed E-state index contributed by atoms with van der Waals surface area (Å²) in [6.07, 6.45) is 2.72. The van der Waals surface area contributed by atoms with Gasteiger partial charge in [-0.05, 0) is 44.1 Å². The molecule has 0 radical (unpaired) electrons. The van der Waals surface area contributed by atoms with Crippen molar-refractivity contribution in [1.82, 2.24) is 9.88 Å². The largest absolute Gasteiger partial charge is 0.352 e. The third-order valence-corrected chi connectivity index (χ3v) is 4.84. The number of hydrogen-bond donors (Lipinski definition) is 1. The van der Waals surface area contributed by atoms with Crippen molar-refractivity contribution in [2.75, 3.05) is 11.5 Å². The van der Waals surface area contributed by atoms with Crippen molar-refractivity contribution in [3.8, 4) is 0 Å². The molecule has 0 bridgehead atoms. The summed E-state index contributed by atoms with van der Waals surface area (Å²) in [5.74, 6) is 2.63. The highest BCUT2D eigenvalue weighted by Crippen LogP contribution is 2.18. The molecule has 16 heavy (non-hydrogen) atoms. The molecule has 0 saturated carbocycles. The van der Waals surface area contributed by atoms with E-state index in [1.165, 1.54) is 41.3 Å². The number of aromatic nitrogens is 1. The van der Waals surface area contributed by atoms with Crippen LogP contribution in [0.3, 0.4) is 0 Å². The fraction of sp³-hybridized carbons (Fsp3) is 0.692. The van der Waals surface area contributed by atoms with Gasteiger partial charge >= 0.3 is 0 Å². The highest BCUT2D eigenvalue weighted by atomic mass is 32.2. The van der Waals surface area contributed by atoms with Crippen LogP contribution >= 0.6 is 11.8 Å². The fourth-order valence-corrected chi connectivity index (χ4v) is 3.37. The Kier molecular flexibility index (Phi) is 3.98. The Morgan fingerprint density at radius 2 is 2.31 bits per heavy atom. The van der Waals surface area contributed by atoms with Crippen molar-refractivity contribution in [2.45, 2.75) is 39.3 Å². The second-order valence-corrected chi connectivity index (χ2v) is 5.90. The molecule has 1 unspecified atom stereocenters. The zero-order valence-corrected chi connectivity index (χ0v) is 11.4. The van der Waals surface area contributed by atoms with E-state index in [1.54, 1.807) is 0 Å². The van der Waals surface area contributed by atoms with Gasteiger partial charge in [-0.3, -0.25) is 0 Å². The van der Waals surface area contributed by atoms with Gasteiger partial charge in [-0.1, -0.05) is 0 Å². The summed E-state index contributed by atoms with van der Waals surface area (Å²) >= 11 is 2.08. The molecule has 90 valence electrons. The lowest BCUT2D eigenvalue weighted by Crippen LogP contribution is -2.33. The maximum Gasteiger partial charge on any atom is 0.0226 e. The first-order valence-electron chi connectivity index (χ1n) is 6.11. The Labute approximate surface area is 103 Å². The first-order valence-corrected chi connectivity index (χ1v) is 7.27. The van der Waals surface area contributed by atoms with Gasteiger partial charge in [0.15, 0.2) is 0 Å². The molecule has 1 aliphatic heterocycles. The molecule has 1 aliphatic rings. The molecule has 1 saturated heterocycles. The Bertz CT molecular complexity index is 351. The van der Waals surface area contributed by atoms with Crippen LogP contribution in [0.25, 0.3) is 0 Å². The van der Waals surface area contributed by atoms with Crippen LogP contribution in [0.4, 0.5) is 0 Å². The third-order valence-electron chi connectivity index (χ3n) is 3.62. The second-order valence-electron chi connectivity index (χ2n) is 4.75. The van der Waals surface area contributed by atoms with Gasteiger partial charge in [0.2, 0.25) is 0 Å². The number of hydrogen-bond acceptors (Lipinski definition) is 2. The van der Waals surface area contributed by atoms with E-state index in [9.17, 15) is 0 Å². The lowest BCUT2D eigenvalue weighted by molar-refractivity contribution is 0.506. The normalized spacial score (nSPS) is 21.3. The molecule has 2 nitrogen and oxygen atoms in total. The standard InChI is InChI=1S/C13H22N2S/c1-10-7-12(11(2)15(10)3)8-14-13-5-4-6-16-9-13/h7,13-14H,4-6,8-9H2,1-3H3. The lowest BCUT2D eigenvalue weighted by Gasteiger charge is -2.22. The average Bonchev–Trinajstić information content (AvgIpc) is 2.56. The zero-order valence-electron chi connectivity index (χ0n) is 10.5. The molecule has 2 heterocycles. The highest BCUT2D eigenvalue weighted by Gasteiger charge is 2.14. The molecule has 1 fully saturated rings. The first kappa shape index (κ1) is 12.1. The van der Waals surface area contributed by atoms with E-state index in [-0.39, 0.29) is 0 Å². The highest BCUT2D eigenvalue weighted by molar-refractivity contribution is 7.99. The lowest BCUT2D eigenvalue weighted by atomic mass is 10.1. The molecule has 0 aromatic carbocycles. The van der Waals surface area contributed by atoms with Crippen molar-refractivity contribution >= 4 is 11.8 Å². The second kappa shape index (κ2) is 5.28. The summed E-state index contributed by atoms with van der Waals surface area (Å²) in [6, 6.07) is 3.02. The van der Waals surface area contributed by atoms with Crippen LogP contribution in [-0.2, 0) is 13.6 Å². The quantitative estimate of drug-likeness (QED) is 0.872. The van der Waals surface area contributed by atoms with Crippen molar-refractivity contribution in [1.29, 1.82) is 0 Å². The molecule has 1 N–H and O–H groups in total. The topological polar surface area (TPSA) is 17.0 Å². The van der Waals surface area contributed by atoms with Crippen LogP contribution in [-0.4, -0.2) is 22.1 Å². The van der Waals surface area contributed by atoms with Crippen LogP contribution in [0, 0.1) is 13.8 Å². The Morgan fingerprint density at radius 3 is 2.88 bits per heavy atom. The van der Waals surface area contributed by atoms with Crippen molar-refractivity contribution in [3.63, 3.8) is 0 Å². The summed E-state index contributed by atoms with van der Waals surface area (Å²) in [4.78, 5) is 0. The Balaban J connectivity index is 1.91. The van der Waals surface area contributed by atoms with Gasteiger partial charge < -0.3 is 9.88 Å². The smallest absolute Gasteiger partial charge is 0.0226 e. The fourth-order valence-electron chi connectivity index (χ4n) is 2.27. The minimum atomic E-state index is 0.721. The molecule has 2 rings (SSSR count). The molecular formula is C13H22N2S. The molecule has 0 spiro atoms. The van der Waals surface area contributed by atoms with Crippen LogP contribution in [0.15, 0.2) is 6.07 Å². The summed E-state index contributed by atoms with van der Waals surface area (Å²) in [5, 5.41) is 3.69. The average molecular weight is 238 g/mol. The van der Waals surface area contributed by atoms with Crippen LogP contribution in [0.5, 0.6) is 0 Å². The predicted molar refractivity (Wildman–Crippen MR) is 72.1 cm³/mol. The number of aryl methyl sites for hydroxylation is 1. The van der Waals surface area contributed by atoms with E-state index in [4.69, 9.17) is 0 Å². The molecular weight excluding hydrogens is 216 g/mol. The molecule has 1 aromatic heterocycles. The van der Waals surface area contributed by atoms with Gasteiger partial charge in [-0.25, -0.2) is 0 Å². The summed E-state index contributed by atoms with van der Waals surface area (Å²) in [5.41, 5.74) is 4.20. The van der Waals surface area contributed by atoms with Crippen molar-refractivity contribution in [2.24, 2.45) is 7.05 Å². The van der Waals surface area contributed by atoms with Crippen LogP contribution in [0.2, 0.25) is 0 Å². The van der Waals surface area contributed by atoms with E-state index in [1.807, 2.05) is 0 Å². The maximum absolute atomic E-state index is 3.69. The Hall–Kier alpha value is -0.410. The maximum atomic E-state index is 3.69. The van der Waals surface area contributed by atoms with Gasteiger partial charge in [0.05, 0.1) is 0 Å². The van der Waals surface area contributed by atoms with E-state index < -0.39 is 0 Å². The molecule has 0 amide bonds. The van der Waals surface area contributed by atoms with E-state index in [0.29, 0.717) is 0 Å². The molecule has 3 heteroatoms. The van der Waals surface area contributed by atoms with E-state index >= 15 is 0 Å². The van der Waals surface area contributed by atoms with Gasteiger partial charge in [0, 0.05) is 36.8 Å². The summed E-state index contributed by atoms with van der Waals surface area (Å²) in [7, 11) is 2.14. The number of nitrogens with one attached hydrogen (secondary N) is 1. The van der Waals surface area contributed by atoms with Gasteiger partial charge in [0.1, 0.15) is 0 Å². The van der Waals surface area contributed by atoms with E-state index in [2.05, 4.69) is 48.6 Å². The summed E-state index contributed by atoms with van der Waals surface area (Å²) in [6.45, 7) is 5.41. The van der Waals surface area contributed by atoms with Crippen molar-refractivity contribution < 1.29 is 0 Å². The minimum absolute atomic E-state index is 0.721.